The van der Waals surface area contributed by atoms with E-state index in [0.717, 1.165) is 5.56 Å². The minimum atomic E-state index is -2.04. The molecule has 0 saturated carbocycles. The molecule has 0 aliphatic rings. The summed E-state index contributed by atoms with van der Waals surface area (Å²) in [5, 5.41) is 9.82. The molecule has 0 amide bonds. The molecule has 3 nitrogen and oxygen atoms in total. The number of esters is 1. The maximum Gasteiger partial charge on any atom is 0.343 e. The minimum Gasteiger partial charge on any atom is -0.464 e. The summed E-state index contributed by atoms with van der Waals surface area (Å²) in [6.45, 7) is 3.60. The van der Waals surface area contributed by atoms with Crippen LogP contribution in [0.25, 0.3) is 0 Å². The molecule has 0 aliphatic heterocycles. The molecule has 17 heavy (non-hydrogen) atoms. The molecule has 0 spiro atoms. The van der Waals surface area contributed by atoms with Gasteiger partial charge in [0.25, 0.3) is 0 Å². The molecule has 94 valence electrons. The number of alkyl halides is 1. The van der Waals surface area contributed by atoms with Gasteiger partial charge in [-0.15, -0.1) is 0 Å². The standard InChI is InChI=1S/C13H17FO3/c1-3-9-7-5-6-8-10(9)12(15)11(14)13(16)17-4-2/h5-8,11-12,15H,3-4H2,1-2H3. The number of aliphatic hydroxyl groups is 1. The maximum absolute atomic E-state index is 13.7. The molecule has 0 saturated heterocycles. The Kier molecular flexibility index (Phi) is 5.10. The van der Waals surface area contributed by atoms with Gasteiger partial charge in [-0.25, -0.2) is 9.18 Å². The first-order valence-electron chi connectivity index (χ1n) is 5.68. The fourth-order valence-electron chi connectivity index (χ4n) is 1.65. The summed E-state index contributed by atoms with van der Waals surface area (Å²) in [6, 6.07) is 6.94. The van der Waals surface area contributed by atoms with Crippen LogP contribution in [0.2, 0.25) is 0 Å². The van der Waals surface area contributed by atoms with Crippen LogP contribution in [0, 0.1) is 0 Å². The van der Waals surface area contributed by atoms with Crippen LogP contribution in [0.3, 0.4) is 0 Å². The molecule has 0 aromatic heterocycles. The summed E-state index contributed by atoms with van der Waals surface area (Å²) in [6.07, 6.45) is -2.84. The van der Waals surface area contributed by atoms with Gasteiger partial charge < -0.3 is 9.84 Å². The van der Waals surface area contributed by atoms with Crippen molar-refractivity contribution in [1.29, 1.82) is 0 Å². The first-order chi connectivity index (χ1) is 8.11. The van der Waals surface area contributed by atoms with Crippen molar-refractivity contribution < 1.29 is 19.0 Å². The molecule has 1 N–H and O–H groups in total. The van der Waals surface area contributed by atoms with E-state index in [2.05, 4.69) is 4.74 Å². The average Bonchev–Trinajstić information content (AvgIpc) is 2.37. The van der Waals surface area contributed by atoms with Crippen LogP contribution < -0.4 is 0 Å². The van der Waals surface area contributed by atoms with Gasteiger partial charge >= 0.3 is 5.97 Å². The largest absolute Gasteiger partial charge is 0.464 e. The van der Waals surface area contributed by atoms with E-state index in [0.29, 0.717) is 12.0 Å². The van der Waals surface area contributed by atoms with E-state index in [1.165, 1.54) is 0 Å². The molecule has 4 heteroatoms. The number of ether oxygens (including phenoxy) is 1. The molecule has 0 radical (unpaired) electrons. The van der Waals surface area contributed by atoms with E-state index in [-0.39, 0.29) is 6.61 Å². The molecule has 0 fully saturated rings. The number of benzene rings is 1. The highest BCUT2D eigenvalue weighted by atomic mass is 19.1. The van der Waals surface area contributed by atoms with Crippen LogP contribution in [0.4, 0.5) is 4.39 Å². The monoisotopic (exact) mass is 240 g/mol. The molecule has 2 unspecified atom stereocenters. The quantitative estimate of drug-likeness (QED) is 0.802. The molecule has 0 bridgehead atoms. The Morgan fingerprint density at radius 1 is 1.41 bits per heavy atom. The highest BCUT2D eigenvalue weighted by Crippen LogP contribution is 2.24. The van der Waals surface area contributed by atoms with Crippen molar-refractivity contribution in [2.45, 2.75) is 32.5 Å². The summed E-state index contributed by atoms with van der Waals surface area (Å²) in [5.74, 6) is -1.02. The maximum atomic E-state index is 13.7. The number of hydrogen-bond acceptors (Lipinski definition) is 3. The van der Waals surface area contributed by atoms with E-state index in [4.69, 9.17) is 0 Å². The normalized spacial score (nSPS) is 14.1. The molecule has 1 aromatic rings. The SMILES string of the molecule is CCOC(=O)C(F)C(O)c1ccccc1CC. The second kappa shape index (κ2) is 6.35. The van der Waals surface area contributed by atoms with Crippen LogP contribution in [0.1, 0.15) is 31.1 Å². The van der Waals surface area contributed by atoms with Gasteiger partial charge in [0.05, 0.1) is 6.61 Å². The Bertz CT molecular complexity index is 379. The third-order valence-electron chi connectivity index (χ3n) is 2.54. The summed E-state index contributed by atoms with van der Waals surface area (Å²) in [7, 11) is 0. The molecule has 1 aromatic carbocycles. The minimum absolute atomic E-state index is 0.0986. The Balaban J connectivity index is 2.88. The lowest BCUT2D eigenvalue weighted by molar-refractivity contribution is -0.153. The third-order valence-corrected chi connectivity index (χ3v) is 2.54. The second-order valence-corrected chi connectivity index (χ2v) is 3.65. The Morgan fingerprint density at radius 2 is 2.06 bits per heavy atom. The van der Waals surface area contributed by atoms with E-state index < -0.39 is 18.2 Å². The first-order valence-corrected chi connectivity index (χ1v) is 5.68. The van der Waals surface area contributed by atoms with Gasteiger partial charge in [0.2, 0.25) is 6.17 Å². The van der Waals surface area contributed by atoms with Crippen molar-refractivity contribution in [1.82, 2.24) is 0 Å². The van der Waals surface area contributed by atoms with Crippen LogP contribution in [-0.4, -0.2) is 23.9 Å². The fourth-order valence-corrected chi connectivity index (χ4v) is 1.65. The van der Waals surface area contributed by atoms with E-state index >= 15 is 0 Å². The van der Waals surface area contributed by atoms with Gasteiger partial charge in [-0.2, -0.15) is 0 Å². The molecule has 2 atom stereocenters. The zero-order valence-electron chi connectivity index (χ0n) is 10.0. The Labute approximate surface area is 100 Å². The van der Waals surface area contributed by atoms with E-state index in [1.807, 2.05) is 13.0 Å². The van der Waals surface area contributed by atoms with Gasteiger partial charge in [0.15, 0.2) is 0 Å². The summed E-state index contributed by atoms with van der Waals surface area (Å²) in [5.41, 5.74) is 1.27. The predicted octanol–water partition coefficient (Wildman–Crippen LogP) is 2.18. The van der Waals surface area contributed by atoms with Crippen LogP contribution in [-0.2, 0) is 16.0 Å². The smallest absolute Gasteiger partial charge is 0.343 e. The Morgan fingerprint density at radius 3 is 2.65 bits per heavy atom. The zero-order chi connectivity index (χ0) is 12.8. The molecule has 1 rings (SSSR count). The van der Waals surface area contributed by atoms with Gasteiger partial charge in [-0.3, -0.25) is 0 Å². The molecule has 0 heterocycles. The van der Waals surface area contributed by atoms with Crippen LogP contribution in [0.15, 0.2) is 24.3 Å². The zero-order valence-corrected chi connectivity index (χ0v) is 10.0. The van der Waals surface area contributed by atoms with Crippen LogP contribution >= 0.6 is 0 Å². The fraction of sp³-hybridized carbons (Fsp3) is 0.462. The van der Waals surface area contributed by atoms with Crippen molar-refractivity contribution in [2.24, 2.45) is 0 Å². The number of aliphatic hydroxyl groups excluding tert-OH is 1. The van der Waals surface area contributed by atoms with Gasteiger partial charge in [0.1, 0.15) is 6.10 Å². The number of hydrogen-bond donors (Lipinski definition) is 1. The van der Waals surface area contributed by atoms with Crippen molar-refractivity contribution in [3.05, 3.63) is 35.4 Å². The second-order valence-electron chi connectivity index (χ2n) is 3.65. The third kappa shape index (κ3) is 3.27. The molecular weight excluding hydrogens is 223 g/mol. The van der Waals surface area contributed by atoms with Crippen molar-refractivity contribution in [3.8, 4) is 0 Å². The van der Waals surface area contributed by atoms with E-state index in [1.54, 1.807) is 25.1 Å². The first kappa shape index (κ1) is 13.6. The van der Waals surface area contributed by atoms with Gasteiger partial charge in [-0.05, 0) is 24.5 Å². The van der Waals surface area contributed by atoms with E-state index in [9.17, 15) is 14.3 Å². The van der Waals surface area contributed by atoms with Crippen LogP contribution in [0.5, 0.6) is 0 Å². The highest BCUT2D eigenvalue weighted by molar-refractivity contribution is 5.75. The predicted molar refractivity (Wildman–Crippen MR) is 62.3 cm³/mol. The summed E-state index contributed by atoms with van der Waals surface area (Å²) < 4.78 is 18.2. The lowest BCUT2D eigenvalue weighted by Crippen LogP contribution is -2.26. The summed E-state index contributed by atoms with van der Waals surface area (Å²) in [4.78, 5) is 11.2. The number of rotatable bonds is 5. The number of carbonyl (C=O) groups excluding carboxylic acids is 1. The molecular formula is C13H17FO3. The van der Waals surface area contributed by atoms with Crippen molar-refractivity contribution >= 4 is 5.97 Å². The molecule has 0 aliphatic carbocycles. The summed E-state index contributed by atoms with van der Waals surface area (Å²) >= 11 is 0. The number of carbonyl (C=O) groups is 1. The van der Waals surface area contributed by atoms with Gasteiger partial charge in [-0.1, -0.05) is 31.2 Å². The number of aryl methyl sites for hydroxylation is 1. The van der Waals surface area contributed by atoms with Crippen molar-refractivity contribution in [2.75, 3.05) is 6.61 Å². The number of halogens is 1. The average molecular weight is 240 g/mol. The Hall–Kier alpha value is -1.42. The van der Waals surface area contributed by atoms with Crippen molar-refractivity contribution in [3.63, 3.8) is 0 Å². The lowest BCUT2D eigenvalue weighted by atomic mass is 9.98. The topological polar surface area (TPSA) is 46.5 Å². The lowest BCUT2D eigenvalue weighted by Gasteiger charge is -2.17. The van der Waals surface area contributed by atoms with Gasteiger partial charge in [0, 0.05) is 0 Å². The highest BCUT2D eigenvalue weighted by Gasteiger charge is 2.30.